The molecule has 0 saturated heterocycles. The fraction of sp³-hybridized carbons (Fsp3) is 0.556. The average Bonchev–Trinajstić information content (AvgIpc) is 2.85. The summed E-state index contributed by atoms with van der Waals surface area (Å²) in [6.07, 6.45) is 5.30. The van der Waals surface area contributed by atoms with Crippen molar-refractivity contribution in [1.29, 1.82) is 0 Å². The van der Waals surface area contributed by atoms with Crippen molar-refractivity contribution in [3.8, 4) is 0 Å². The molecule has 1 aliphatic carbocycles. The first kappa shape index (κ1) is 13.7. The number of rotatable bonds is 3. The Labute approximate surface area is 121 Å². The minimum absolute atomic E-state index is 0.268. The van der Waals surface area contributed by atoms with Gasteiger partial charge in [-0.15, -0.1) is 0 Å². The fourth-order valence-electron chi connectivity index (χ4n) is 3.40. The smallest absolute Gasteiger partial charge is 0.134 e. The van der Waals surface area contributed by atoms with Crippen LogP contribution in [0, 0.1) is 5.41 Å². The van der Waals surface area contributed by atoms with E-state index in [9.17, 15) is 0 Å². The molecule has 1 aromatic carbocycles. The van der Waals surface area contributed by atoms with Gasteiger partial charge in [0, 0.05) is 11.4 Å². The van der Waals surface area contributed by atoms with Gasteiger partial charge in [0.2, 0.25) is 0 Å². The number of hydrogen-bond acceptors (Lipinski definition) is 2. The van der Waals surface area contributed by atoms with Crippen LogP contribution in [0.25, 0.3) is 11.0 Å². The number of fused-ring (bicyclic) bond motifs is 1. The van der Waals surface area contributed by atoms with Gasteiger partial charge in [-0.05, 0) is 37.3 Å². The summed E-state index contributed by atoms with van der Waals surface area (Å²) in [5.41, 5.74) is 1.37. The van der Waals surface area contributed by atoms with Gasteiger partial charge in [-0.3, -0.25) is 0 Å². The van der Waals surface area contributed by atoms with Crippen LogP contribution in [0.15, 0.2) is 34.7 Å². The Balaban J connectivity index is 1.76. The first-order valence-corrected chi connectivity index (χ1v) is 7.81. The van der Waals surface area contributed by atoms with Gasteiger partial charge in [0.05, 0.1) is 6.04 Å². The molecule has 0 radical (unpaired) electrons. The van der Waals surface area contributed by atoms with E-state index in [-0.39, 0.29) is 6.04 Å². The van der Waals surface area contributed by atoms with E-state index in [1.54, 1.807) is 0 Å². The van der Waals surface area contributed by atoms with Crippen molar-refractivity contribution < 1.29 is 4.42 Å². The second-order valence-electron chi connectivity index (χ2n) is 6.86. The summed E-state index contributed by atoms with van der Waals surface area (Å²) in [5.74, 6) is 1.05. The Bertz CT molecular complexity index is 551. The van der Waals surface area contributed by atoms with Crippen molar-refractivity contribution in [2.24, 2.45) is 5.41 Å². The van der Waals surface area contributed by atoms with Crippen LogP contribution in [0.5, 0.6) is 0 Å². The van der Waals surface area contributed by atoms with Gasteiger partial charge in [0.25, 0.3) is 0 Å². The van der Waals surface area contributed by atoms with Crippen molar-refractivity contribution in [2.45, 2.75) is 58.5 Å². The van der Waals surface area contributed by atoms with E-state index < -0.39 is 0 Å². The minimum Gasteiger partial charge on any atom is -0.459 e. The van der Waals surface area contributed by atoms with Gasteiger partial charge in [-0.25, -0.2) is 0 Å². The molecule has 1 saturated carbocycles. The Morgan fingerprint density at radius 2 is 2.05 bits per heavy atom. The molecule has 3 rings (SSSR count). The number of hydrogen-bond donors (Lipinski definition) is 1. The summed E-state index contributed by atoms with van der Waals surface area (Å²) in [6.45, 7) is 6.98. The molecule has 0 amide bonds. The fourth-order valence-corrected chi connectivity index (χ4v) is 3.40. The zero-order valence-corrected chi connectivity index (χ0v) is 12.8. The maximum Gasteiger partial charge on any atom is 0.134 e. The molecule has 0 spiro atoms. The molecule has 2 heteroatoms. The van der Waals surface area contributed by atoms with Gasteiger partial charge < -0.3 is 9.73 Å². The largest absolute Gasteiger partial charge is 0.459 e. The van der Waals surface area contributed by atoms with E-state index in [2.05, 4.69) is 44.3 Å². The van der Waals surface area contributed by atoms with Gasteiger partial charge >= 0.3 is 0 Å². The highest BCUT2D eigenvalue weighted by Crippen LogP contribution is 2.37. The van der Waals surface area contributed by atoms with E-state index in [1.807, 2.05) is 12.1 Å². The Kier molecular flexibility index (Phi) is 3.59. The summed E-state index contributed by atoms with van der Waals surface area (Å²) in [6, 6.07) is 11.3. The molecule has 1 aliphatic rings. The van der Waals surface area contributed by atoms with Crippen LogP contribution in [0.4, 0.5) is 0 Å². The maximum atomic E-state index is 5.98. The van der Waals surface area contributed by atoms with E-state index in [1.165, 1.54) is 31.1 Å². The molecule has 1 heterocycles. The molecule has 2 aromatic rings. The Hall–Kier alpha value is -1.28. The minimum atomic E-state index is 0.268. The van der Waals surface area contributed by atoms with E-state index in [0.717, 1.165) is 11.3 Å². The summed E-state index contributed by atoms with van der Waals surface area (Å²) in [7, 11) is 0. The lowest BCUT2D eigenvalue weighted by Gasteiger charge is -2.40. The third-order valence-corrected chi connectivity index (χ3v) is 4.83. The average molecular weight is 271 g/mol. The summed E-state index contributed by atoms with van der Waals surface area (Å²) >= 11 is 0. The Morgan fingerprint density at radius 3 is 2.80 bits per heavy atom. The van der Waals surface area contributed by atoms with Crippen molar-refractivity contribution in [3.63, 3.8) is 0 Å². The zero-order valence-electron chi connectivity index (χ0n) is 12.8. The molecular formula is C18H25NO. The van der Waals surface area contributed by atoms with Crippen LogP contribution >= 0.6 is 0 Å². The highest BCUT2D eigenvalue weighted by Gasteiger charge is 2.33. The molecule has 0 aliphatic heterocycles. The molecule has 108 valence electrons. The quantitative estimate of drug-likeness (QED) is 0.844. The van der Waals surface area contributed by atoms with Gasteiger partial charge in [0.1, 0.15) is 11.3 Å². The van der Waals surface area contributed by atoms with Crippen LogP contribution < -0.4 is 5.32 Å². The molecule has 1 aromatic heterocycles. The van der Waals surface area contributed by atoms with Crippen molar-refractivity contribution in [3.05, 3.63) is 36.1 Å². The van der Waals surface area contributed by atoms with Crippen LogP contribution in [0.1, 0.15) is 58.3 Å². The topological polar surface area (TPSA) is 25.2 Å². The van der Waals surface area contributed by atoms with Crippen LogP contribution in [0.3, 0.4) is 0 Å². The summed E-state index contributed by atoms with van der Waals surface area (Å²) < 4.78 is 5.98. The monoisotopic (exact) mass is 271 g/mol. The number of nitrogens with one attached hydrogen (secondary N) is 1. The lowest BCUT2D eigenvalue weighted by molar-refractivity contribution is 0.154. The van der Waals surface area contributed by atoms with E-state index >= 15 is 0 Å². The molecule has 0 bridgehead atoms. The first-order valence-electron chi connectivity index (χ1n) is 7.81. The molecule has 1 N–H and O–H groups in total. The highest BCUT2D eigenvalue weighted by atomic mass is 16.3. The predicted octanol–water partition coefficient (Wildman–Crippen LogP) is 5.05. The highest BCUT2D eigenvalue weighted by molar-refractivity contribution is 5.77. The Morgan fingerprint density at radius 1 is 1.25 bits per heavy atom. The van der Waals surface area contributed by atoms with Gasteiger partial charge in [-0.2, -0.15) is 0 Å². The normalized spacial score (nSPS) is 23.9. The standard InChI is InChI=1S/C18H25NO/c1-13(19-17-10-6-7-11-18(17,2)3)16-12-14-8-4-5-9-15(14)20-16/h4-5,8-9,12-13,17,19H,6-7,10-11H2,1-3H3. The first-order chi connectivity index (χ1) is 9.56. The third kappa shape index (κ3) is 2.62. The van der Waals surface area contributed by atoms with Crippen molar-refractivity contribution in [2.75, 3.05) is 0 Å². The summed E-state index contributed by atoms with van der Waals surface area (Å²) in [5, 5.41) is 4.99. The number of furan rings is 1. The molecule has 2 atom stereocenters. The lowest BCUT2D eigenvalue weighted by atomic mass is 9.73. The lowest BCUT2D eigenvalue weighted by Crippen LogP contribution is -2.45. The van der Waals surface area contributed by atoms with Gasteiger partial charge in [0.15, 0.2) is 0 Å². The van der Waals surface area contributed by atoms with Crippen LogP contribution in [0.2, 0.25) is 0 Å². The second kappa shape index (κ2) is 5.25. The maximum absolute atomic E-state index is 5.98. The van der Waals surface area contributed by atoms with Crippen molar-refractivity contribution >= 4 is 11.0 Å². The van der Waals surface area contributed by atoms with Crippen LogP contribution in [-0.2, 0) is 0 Å². The zero-order chi connectivity index (χ0) is 14.2. The third-order valence-electron chi connectivity index (χ3n) is 4.83. The SMILES string of the molecule is CC(NC1CCCCC1(C)C)c1cc2ccccc2o1. The second-order valence-corrected chi connectivity index (χ2v) is 6.86. The number of benzene rings is 1. The summed E-state index contributed by atoms with van der Waals surface area (Å²) in [4.78, 5) is 0. The molecule has 1 fully saturated rings. The van der Waals surface area contributed by atoms with Gasteiger partial charge in [-0.1, -0.05) is 44.9 Å². The molecule has 20 heavy (non-hydrogen) atoms. The van der Waals surface area contributed by atoms with Crippen LogP contribution in [-0.4, -0.2) is 6.04 Å². The number of para-hydroxylation sites is 1. The molecule has 2 nitrogen and oxygen atoms in total. The molecule has 2 unspecified atom stereocenters. The molecular weight excluding hydrogens is 246 g/mol. The van der Waals surface area contributed by atoms with Crippen molar-refractivity contribution in [1.82, 2.24) is 5.32 Å². The predicted molar refractivity (Wildman–Crippen MR) is 83.8 cm³/mol. The van der Waals surface area contributed by atoms with E-state index in [0.29, 0.717) is 11.5 Å². The van der Waals surface area contributed by atoms with E-state index in [4.69, 9.17) is 4.42 Å².